The molecule has 1 unspecified atom stereocenters. The minimum Gasteiger partial charge on any atom is -0.396 e. The van der Waals surface area contributed by atoms with Crippen LogP contribution in [0.4, 0.5) is 0 Å². The second-order valence-corrected chi connectivity index (χ2v) is 5.74. The second-order valence-electron chi connectivity index (χ2n) is 5.39. The van der Waals surface area contributed by atoms with Crippen LogP contribution in [0.3, 0.4) is 0 Å². The highest BCUT2D eigenvalue weighted by Crippen LogP contribution is 2.34. The van der Waals surface area contributed by atoms with Crippen molar-refractivity contribution in [2.24, 2.45) is 4.99 Å². The Morgan fingerprint density at radius 1 is 1.14 bits per heavy atom. The summed E-state index contributed by atoms with van der Waals surface area (Å²) in [5.74, 6) is 0. The van der Waals surface area contributed by atoms with E-state index in [1.54, 1.807) is 12.4 Å². The van der Waals surface area contributed by atoms with Gasteiger partial charge in [0.1, 0.15) is 5.15 Å². The number of hydrogen-bond acceptors (Lipinski definition) is 3. The maximum Gasteiger partial charge on any atom is 0.132 e. The van der Waals surface area contributed by atoms with Gasteiger partial charge >= 0.3 is 0 Å². The Morgan fingerprint density at radius 2 is 1.95 bits per heavy atom. The Morgan fingerprint density at radius 3 is 2.64 bits per heavy atom. The zero-order valence-corrected chi connectivity index (χ0v) is 12.9. The van der Waals surface area contributed by atoms with Gasteiger partial charge in [-0.2, -0.15) is 0 Å². The lowest BCUT2D eigenvalue weighted by atomic mass is 9.86. The van der Waals surface area contributed by atoms with Crippen LogP contribution in [0.2, 0.25) is 5.15 Å². The Labute approximate surface area is 135 Å². The highest BCUT2D eigenvalue weighted by molar-refractivity contribution is 6.30. The van der Waals surface area contributed by atoms with Crippen molar-refractivity contribution in [2.45, 2.75) is 18.4 Å². The molecule has 0 fully saturated rings. The average Bonchev–Trinajstić information content (AvgIpc) is 2.99. The van der Waals surface area contributed by atoms with Gasteiger partial charge in [-0.1, -0.05) is 48.0 Å². The average molecular weight is 313 g/mol. The Hall–Kier alpha value is -1.97. The molecular formula is C18H17ClN2O. The molecule has 1 aliphatic heterocycles. The van der Waals surface area contributed by atoms with Crippen LogP contribution in [0.5, 0.6) is 0 Å². The zero-order valence-electron chi connectivity index (χ0n) is 12.1. The maximum atomic E-state index is 9.37. The smallest absolute Gasteiger partial charge is 0.132 e. The monoisotopic (exact) mass is 312 g/mol. The van der Waals surface area contributed by atoms with Crippen LogP contribution in [0.15, 0.2) is 59.7 Å². The Kier molecular flexibility index (Phi) is 4.36. The molecule has 4 heteroatoms. The summed E-state index contributed by atoms with van der Waals surface area (Å²) in [5, 5.41) is 9.86. The largest absolute Gasteiger partial charge is 0.396 e. The van der Waals surface area contributed by atoms with Gasteiger partial charge in [0.25, 0.3) is 0 Å². The van der Waals surface area contributed by atoms with E-state index < -0.39 is 5.54 Å². The maximum absolute atomic E-state index is 9.37. The van der Waals surface area contributed by atoms with Gasteiger partial charge in [0, 0.05) is 31.0 Å². The number of allylic oxidation sites excluding steroid dienone is 1. The standard InChI is InChI=1S/C18H17ClN2O/c19-17-16(13-18(9-12-22)8-4-10-21-18)15(7-11-20-17)14-5-2-1-3-6-14/h1-8,10-11,22H,9,12-13H2. The lowest BCUT2D eigenvalue weighted by molar-refractivity contribution is 0.258. The predicted molar refractivity (Wildman–Crippen MR) is 90.5 cm³/mol. The fraction of sp³-hybridized carbons (Fsp3) is 0.222. The predicted octanol–water partition coefficient (Wildman–Crippen LogP) is 3.71. The van der Waals surface area contributed by atoms with Crippen molar-refractivity contribution in [1.29, 1.82) is 0 Å². The highest BCUT2D eigenvalue weighted by Gasteiger charge is 2.30. The van der Waals surface area contributed by atoms with E-state index in [-0.39, 0.29) is 6.61 Å². The number of nitrogens with zero attached hydrogens (tertiary/aromatic N) is 2. The number of aromatic nitrogens is 1. The number of benzene rings is 1. The highest BCUT2D eigenvalue weighted by atomic mass is 35.5. The molecule has 0 saturated carbocycles. The van der Waals surface area contributed by atoms with Crippen LogP contribution in [0.25, 0.3) is 11.1 Å². The minimum absolute atomic E-state index is 0.0836. The first-order chi connectivity index (χ1) is 10.7. The van der Waals surface area contributed by atoms with Crippen LogP contribution < -0.4 is 0 Å². The first kappa shape index (κ1) is 14.9. The number of aliphatic imine (C=N–C) groups is 1. The Bertz CT molecular complexity index is 698. The van der Waals surface area contributed by atoms with E-state index in [2.05, 4.69) is 22.1 Å². The van der Waals surface area contributed by atoms with Gasteiger partial charge in [-0.15, -0.1) is 0 Å². The number of hydrogen-bond donors (Lipinski definition) is 1. The SMILES string of the molecule is OCCC1(Cc2c(-c3ccccc3)ccnc2Cl)C=CC=N1. The molecule has 2 aromatic rings. The molecular weight excluding hydrogens is 296 g/mol. The van der Waals surface area contributed by atoms with Crippen molar-refractivity contribution in [3.63, 3.8) is 0 Å². The summed E-state index contributed by atoms with van der Waals surface area (Å²) in [6.07, 6.45) is 8.64. The minimum atomic E-state index is -0.426. The number of pyridine rings is 1. The molecule has 112 valence electrons. The lowest BCUT2D eigenvalue weighted by Crippen LogP contribution is -2.27. The third-order valence-corrected chi connectivity index (χ3v) is 4.27. The van der Waals surface area contributed by atoms with Crippen molar-refractivity contribution in [1.82, 2.24) is 4.98 Å². The van der Waals surface area contributed by atoms with Crippen molar-refractivity contribution in [3.05, 3.63) is 65.5 Å². The number of halogens is 1. The van der Waals surface area contributed by atoms with Gasteiger partial charge in [0.15, 0.2) is 0 Å². The van der Waals surface area contributed by atoms with Crippen molar-refractivity contribution in [3.8, 4) is 11.1 Å². The van der Waals surface area contributed by atoms with Crippen molar-refractivity contribution >= 4 is 17.8 Å². The van der Waals surface area contributed by atoms with E-state index in [0.29, 0.717) is 18.0 Å². The topological polar surface area (TPSA) is 45.5 Å². The number of rotatable bonds is 5. The van der Waals surface area contributed by atoms with E-state index in [4.69, 9.17) is 11.6 Å². The molecule has 0 bridgehead atoms. The summed E-state index contributed by atoms with van der Waals surface area (Å²) in [4.78, 5) is 8.77. The molecule has 0 spiro atoms. The summed E-state index contributed by atoms with van der Waals surface area (Å²) in [5.41, 5.74) is 2.71. The van der Waals surface area contributed by atoms with Crippen molar-refractivity contribution in [2.75, 3.05) is 6.61 Å². The molecule has 3 nitrogen and oxygen atoms in total. The van der Waals surface area contributed by atoms with Crippen LogP contribution in [-0.4, -0.2) is 28.5 Å². The number of aliphatic hydroxyl groups is 1. The quantitative estimate of drug-likeness (QED) is 0.856. The van der Waals surface area contributed by atoms with E-state index in [0.717, 1.165) is 16.7 Å². The molecule has 3 rings (SSSR count). The van der Waals surface area contributed by atoms with E-state index in [9.17, 15) is 5.11 Å². The van der Waals surface area contributed by atoms with Crippen LogP contribution in [0.1, 0.15) is 12.0 Å². The van der Waals surface area contributed by atoms with Crippen molar-refractivity contribution < 1.29 is 5.11 Å². The molecule has 1 atom stereocenters. The summed E-state index contributed by atoms with van der Waals surface area (Å²) in [6.45, 7) is 0.0836. The van der Waals surface area contributed by atoms with Gasteiger partial charge in [-0.05, 0) is 29.7 Å². The zero-order chi connectivity index (χ0) is 15.4. The van der Waals surface area contributed by atoms with E-state index in [1.165, 1.54) is 0 Å². The molecule has 0 radical (unpaired) electrons. The van der Waals surface area contributed by atoms with E-state index in [1.807, 2.05) is 36.4 Å². The molecule has 0 saturated heterocycles. The summed E-state index contributed by atoms with van der Waals surface area (Å²) in [6, 6.07) is 12.1. The molecule has 1 aromatic heterocycles. The van der Waals surface area contributed by atoms with Crippen LogP contribution >= 0.6 is 11.6 Å². The van der Waals surface area contributed by atoms with Gasteiger partial charge in [0.05, 0.1) is 5.54 Å². The molecule has 1 aliphatic rings. The molecule has 0 amide bonds. The second kappa shape index (κ2) is 6.42. The molecule has 2 heterocycles. The van der Waals surface area contributed by atoms with Gasteiger partial charge in [0.2, 0.25) is 0 Å². The van der Waals surface area contributed by atoms with Gasteiger partial charge in [-0.25, -0.2) is 4.98 Å². The molecule has 0 aliphatic carbocycles. The van der Waals surface area contributed by atoms with Gasteiger partial charge in [-0.3, -0.25) is 4.99 Å². The van der Waals surface area contributed by atoms with Crippen LogP contribution in [0, 0.1) is 0 Å². The lowest BCUT2D eigenvalue weighted by Gasteiger charge is -2.25. The molecule has 1 N–H and O–H groups in total. The van der Waals surface area contributed by atoms with E-state index >= 15 is 0 Å². The number of aliphatic hydroxyl groups excluding tert-OH is 1. The molecule has 1 aromatic carbocycles. The third-order valence-electron chi connectivity index (χ3n) is 3.94. The Balaban J connectivity index is 2.04. The summed E-state index contributed by atoms with van der Waals surface area (Å²) >= 11 is 6.37. The first-order valence-corrected chi connectivity index (χ1v) is 7.65. The third kappa shape index (κ3) is 2.96. The van der Waals surface area contributed by atoms with Crippen LogP contribution in [-0.2, 0) is 6.42 Å². The fourth-order valence-electron chi connectivity index (χ4n) is 2.82. The summed E-state index contributed by atoms with van der Waals surface area (Å²) in [7, 11) is 0. The summed E-state index contributed by atoms with van der Waals surface area (Å²) < 4.78 is 0. The first-order valence-electron chi connectivity index (χ1n) is 7.27. The molecule has 22 heavy (non-hydrogen) atoms. The normalized spacial score (nSPS) is 19.7. The van der Waals surface area contributed by atoms with Gasteiger partial charge < -0.3 is 5.11 Å². The fourth-order valence-corrected chi connectivity index (χ4v) is 3.05.